The Labute approximate surface area is 122 Å². The highest BCUT2D eigenvalue weighted by Crippen LogP contribution is 2.49. The number of aliphatic hydroxyl groups excluding tert-OH is 1. The van der Waals surface area contributed by atoms with Gasteiger partial charge < -0.3 is 10.8 Å². The summed E-state index contributed by atoms with van der Waals surface area (Å²) in [7, 11) is 0. The smallest absolute Gasteiger partial charge is 0.0950 e. The van der Waals surface area contributed by atoms with Gasteiger partial charge in [0.05, 0.1) is 9.89 Å². The minimum atomic E-state index is -0.409. The van der Waals surface area contributed by atoms with Crippen LogP contribution in [0.4, 0.5) is 0 Å². The Hall–Kier alpha value is 0.1000. The highest BCUT2D eigenvalue weighted by Gasteiger charge is 2.41. The van der Waals surface area contributed by atoms with Gasteiger partial charge in [0.1, 0.15) is 0 Å². The maximum Gasteiger partial charge on any atom is 0.0950 e. The van der Waals surface area contributed by atoms with Crippen LogP contribution >= 0.6 is 27.3 Å². The van der Waals surface area contributed by atoms with Crippen LogP contribution < -0.4 is 5.73 Å². The van der Waals surface area contributed by atoms with Gasteiger partial charge in [-0.1, -0.05) is 26.2 Å². The van der Waals surface area contributed by atoms with Crippen LogP contribution in [0.25, 0.3) is 0 Å². The normalized spacial score (nSPS) is 30.3. The van der Waals surface area contributed by atoms with Crippen molar-refractivity contribution in [2.24, 2.45) is 17.1 Å². The van der Waals surface area contributed by atoms with E-state index in [2.05, 4.69) is 22.9 Å². The van der Waals surface area contributed by atoms with Crippen molar-refractivity contribution in [1.29, 1.82) is 0 Å². The molecule has 0 aromatic carbocycles. The molecule has 3 atom stereocenters. The lowest BCUT2D eigenvalue weighted by Crippen LogP contribution is -2.40. The highest BCUT2D eigenvalue weighted by molar-refractivity contribution is 9.11. The summed E-state index contributed by atoms with van der Waals surface area (Å²) >= 11 is 5.09. The van der Waals surface area contributed by atoms with Crippen LogP contribution in [-0.4, -0.2) is 11.7 Å². The average Bonchev–Trinajstić information content (AvgIpc) is 2.84. The maximum atomic E-state index is 10.7. The van der Waals surface area contributed by atoms with Gasteiger partial charge in [-0.05, 0) is 46.8 Å². The van der Waals surface area contributed by atoms with Crippen molar-refractivity contribution in [3.05, 3.63) is 20.8 Å². The molecule has 102 valence electrons. The summed E-state index contributed by atoms with van der Waals surface area (Å²) in [4.78, 5) is 1.05. The van der Waals surface area contributed by atoms with E-state index in [0.29, 0.717) is 6.54 Å². The van der Waals surface area contributed by atoms with E-state index in [4.69, 9.17) is 5.73 Å². The summed E-state index contributed by atoms with van der Waals surface area (Å²) in [5, 5.41) is 10.7. The van der Waals surface area contributed by atoms with E-state index in [-0.39, 0.29) is 5.41 Å². The minimum Gasteiger partial charge on any atom is -0.387 e. The largest absolute Gasteiger partial charge is 0.387 e. The lowest BCUT2D eigenvalue weighted by atomic mass is 9.65. The van der Waals surface area contributed by atoms with E-state index in [0.717, 1.165) is 27.4 Å². The van der Waals surface area contributed by atoms with Crippen molar-refractivity contribution < 1.29 is 5.11 Å². The third kappa shape index (κ3) is 2.82. The van der Waals surface area contributed by atoms with Gasteiger partial charge in [0, 0.05) is 16.8 Å². The molecule has 1 aromatic heterocycles. The van der Waals surface area contributed by atoms with Gasteiger partial charge in [-0.2, -0.15) is 0 Å². The van der Waals surface area contributed by atoms with Gasteiger partial charge in [0.2, 0.25) is 0 Å². The summed E-state index contributed by atoms with van der Waals surface area (Å²) < 4.78 is 1.08. The molecule has 0 radical (unpaired) electrons. The summed E-state index contributed by atoms with van der Waals surface area (Å²) in [6, 6.07) is 4.03. The van der Waals surface area contributed by atoms with Crippen LogP contribution in [0.1, 0.15) is 50.0 Å². The van der Waals surface area contributed by atoms with E-state index in [1.807, 2.05) is 12.1 Å². The molecule has 0 saturated heterocycles. The lowest BCUT2D eigenvalue weighted by Gasteiger charge is -2.43. The van der Waals surface area contributed by atoms with Crippen LogP contribution in [0.15, 0.2) is 15.9 Å². The fourth-order valence-electron chi connectivity index (χ4n) is 3.19. The number of hydrogen-bond acceptors (Lipinski definition) is 3. The van der Waals surface area contributed by atoms with Crippen molar-refractivity contribution >= 4 is 27.3 Å². The number of thiophene rings is 1. The molecule has 0 amide bonds. The van der Waals surface area contributed by atoms with Crippen LogP contribution in [0.5, 0.6) is 0 Å². The van der Waals surface area contributed by atoms with Crippen molar-refractivity contribution in [3.63, 3.8) is 0 Å². The van der Waals surface area contributed by atoms with Crippen LogP contribution in [0, 0.1) is 11.3 Å². The van der Waals surface area contributed by atoms with E-state index in [1.54, 1.807) is 11.3 Å². The molecule has 0 bridgehead atoms. The molecule has 0 aliphatic heterocycles. The Morgan fingerprint density at radius 1 is 1.61 bits per heavy atom. The molecule has 1 aromatic rings. The molecule has 2 nitrogen and oxygen atoms in total. The molecule has 18 heavy (non-hydrogen) atoms. The van der Waals surface area contributed by atoms with Crippen LogP contribution in [0.2, 0.25) is 0 Å². The first-order chi connectivity index (χ1) is 8.61. The Bertz CT molecular complexity index is 395. The number of hydrogen-bond donors (Lipinski definition) is 2. The van der Waals surface area contributed by atoms with Crippen molar-refractivity contribution in [3.8, 4) is 0 Å². The molecule has 1 heterocycles. The fourth-order valence-corrected chi connectivity index (χ4v) is 4.74. The molecule has 2 rings (SSSR count). The van der Waals surface area contributed by atoms with Gasteiger partial charge in [-0.3, -0.25) is 0 Å². The standard InChI is InChI=1S/C14H22BrNOS/c1-2-10-4-3-7-14(8-10,9-16)13(17)11-5-6-12(15)18-11/h5-6,10,13,17H,2-4,7-9,16H2,1H3. The van der Waals surface area contributed by atoms with Gasteiger partial charge in [-0.15, -0.1) is 11.3 Å². The second kappa shape index (κ2) is 6.04. The van der Waals surface area contributed by atoms with Gasteiger partial charge in [0.25, 0.3) is 0 Å². The molecule has 1 saturated carbocycles. The van der Waals surface area contributed by atoms with Gasteiger partial charge >= 0.3 is 0 Å². The Balaban J connectivity index is 2.20. The molecule has 1 aliphatic rings. The van der Waals surface area contributed by atoms with Gasteiger partial charge in [0.15, 0.2) is 0 Å². The quantitative estimate of drug-likeness (QED) is 0.872. The molecule has 3 unspecified atom stereocenters. The Kier molecular flexibility index (Phi) is 4.86. The van der Waals surface area contributed by atoms with Crippen LogP contribution in [0.3, 0.4) is 0 Å². The van der Waals surface area contributed by atoms with Crippen molar-refractivity contribution in [2.75, 3.05) is 6.54 Å². The van der Waals surface area contributed by atoms with E-state index >= 15 is 0 Å². The zero-order valence-corrected chi connectivity index (χ0v) is 13.3. The molecule has 3 N–H and O–H groups in total. The third-order valence-electron chi connectivity index (χ3n) is 4.41. The molecular weight excluding hydrogens is 310 g/mol. The van der Waals surface area contributed by atoms with Crippen molar-refractivity contribution in [1.82, 2.24) is 0 Å². The number of rotatable bonds is 4. The zero-order valence-electron chi connectivity index (χ0n) is 10.9. The number of nitrogens with two attached hydrogens (primary N) is 1. The second-order valence-corrected chi connectivity index (χ2v) is 7.98. The monoisotopic (exact) mass is 331 g/mol. The van der Waals surface area contributed by atoms with Gasteiger partial charge in [-0.25, -0.2) is 0 Å². The van der Waals surface area contributed by atoms with E-state index in [1.165, 1.54) is 19.3 Å². The first-order valence-corrected chi connectivity index (χ1v) is 8.35. The van der Waals surface area contributed by atoms with Crippen molar-refractivity contribution in [2.45, 2.75) is 45.1 Å². The topological polar surface area (TPSA) is 46.2 Å². The predicted molar refractivity (Wildman–Crippen MR) is 80.7 cm³/mol. The Morgan fingerprint density at radius 2 is 2.39 bits per heavy atom. The molecule has 1 fully saturated rings. The molecule has 1 aliphatic carbocycles. The second-order valence-electron chi connectivity index (χ2n) is 5.48. The number of aliphatic hydroxyl groups is 1. The number of halogens is 1. The minimum absolute atomic E-state index is 0.108. The third-order valence-corrected chi connectivity index (χ3v) is 6.09. The average molecular weight is 332 g/mol. The summed E-state index contributed by atoms with van der Waals surface area (Å²) in [5.41, 5.74) is 5.93. The zero-order chi connectivity index (χ0) is 13.2. The van der Waals surface area contributed by atoms with Crippen LogP contribution in [-0.2, 0) is 0 Å². The first-order valence-electron chi connectivity index (χ1n) is 6.74. The molecular formula is C14H22BrNOS. The SMILES string of the molecule is CCC1CCCC(CN)(C(O)c2ccc(Br)s2)C1. The highest BCUT2D eigenvalue weighted by atomic mass is 79.9. The summed E-state index contributed by atoms with van der Waals surface area (Å²) in [6.07, 6.45) is 5.39. The molecule has 4 heteroatoms. The fraction of sp³-hybridized carbons (Fsp3) is 0.714. The maximum absolute atomic E-state index is 10.7. The Morgan fingerprint density at radius 3 is 2.94 bits per heavy atom. The summed E-state index contributed by atoms with van der Waals surface area (Å²) in [5.74, 6) is 0.723. The predicted octanol–water partition coefficient (Wildman–Crippen LogP) is 4.09. The first kappa shape index (κ1) is 14.5. The van der Waals surface area contributed by atoms with E-state index in [9.17, 15) is 5.11 Å². The van der Waals surface area contributed by atoms with E-state index < -0.39 is 6.10 Å². The molecule has 0 spiro atoms. The lowest BCUT2D eigenvalue weighted by molar-refractivity contribution is -0.0140. The summed E-state index contributed by atoms with van der Waals surface area (Å²) in [6.45, 7) is 2.82.